The summed E-state index contributed by atoms with van der Waals surface area (Å²) in [6.07, 6.45) is 1.98. The molecule has 0 radical (unpaired) electrons. The number of nitrogens with zero attached hydrogens (tertiary/aromatic N) is 2. The predicted octanol–water partition coefficient (Wildman–Crippen LogP) is 2.81. The molecule has 3 rings (SSSR count). The smallest absolute Gasteiger partial charge is 0.105 e. The molecule has 0 fully saturated rings. The topological polar surface area (TPSA) is 42.1 Å². The minimum atomic E-state index is 0.491. The average Bonchev–Trinajstić information content (AvgIpc) is 2.51. The van der Waals surface area contributed by atoms with Crippen molar-refractivity contribution >= 4 is 28.1 Å². The second-order valence-corrected chi connectivity index (χ2v) is 6.04. The zero-order valence-electron chi connectivity index (χ0n) is 12.6. The quantitative estimate of drug-likeness (QED) is 0.885. The number of thiocarbonyl (C=S) groups is 1. The van der Waals surface area contributed by atoms with Crippen LogP contribution in [0.15, 0.2) is 18.2 Å². The summed E-state index contributed by atoms with van der Waals surface area (Å²) >= 11 is 5.36. The molecule has 2 aromatic rings. The molecular weight excluding hydrogens is 278 g/mol. The molecule has 0 bridgehead atoms. The number of hydrogen-bond acceptors (Lipinski definition) is 3. The van der Waals surface area contributed by atoms with E-state index in [2.05, 4.69) is 36.9 Å². The highest BCUT2D eigenvalue weighted by atomic mass is 32.1. The number of nitrogens with two attached hydrogens (primary N) is 1. The first kappa shape index (κ1) is 14.4. The molecule has 2 heterocycles. The maximum atomic E-state index is 6.07. The zero-order valence-corrected chi connectivity index (χ0v) is 13.5. The van der Waals surface area contributed by atoms with Gasteiger partial charge in [-0.25, -0.2) is 0 Å². The van der Waals surface area contributed by atoms with Crippen LogP contribution in [0, 0.1) is 0 Å². The molecule has 4 heteroatoms. The van der Waals surface area contributed by atoms with E-state index in [1.54, 1.807) is 0 Å². The molecule has 0 saturated carbocycles. The van der Waals surface area contributed by atoms with Crippen LogP contribution >= 0.6 is 12.2 Å². The maximum absolute atomic E-state index is 6.07. The van der Waals surface area contributed by atoms with Crippen molar-refractivity contribution in [2.24, 2.45) is 5.73 Å². The second-order valence-electron chi connectivity index (χ2n) is 5.60. The third-order valence-corrected chi connectivity index (χ3v) is 4.59. The summed E-state index contributed by atoms with van der Waals surface area (Å²) < 4.78 is 0. The molecular formula is C17H21N3S. The van der Waals surface area contributed by atoms with Gasteiger partial charge >= 0.3 is 0 Å². The number of pyridine rings is 1. The number of likely N-dealkylation sites (N-methyl/N-ethyl adjacent to an activating group) is 1. The summed E-state index contributed by atoms with van der Waals surface area (Å²) in [5.74, 6) is 0. The lowest BCUT2D eigenvalue weighted by Gasteiger charge is -2.29. The minimum absolute atomic E-state index is 0.491. The van der Waals surface area contributed by atoms with Crippen molar-refractivity contribution < 1.29 is 0 Å². The van der Waals surface area contributed by atoms with Crippen LogP contribution in [0.3, 0.4) is 0 Å². The van der Waals surface area contributed by atoms with Crippen molar-refractivity contribution in [1.29, 1.82) is 0 Å². The highest BCUT2D eigenvalue weighted by molar-refractivity contribution is 7.80. The van der Waals surface area contributed by atoms with Crippen LogP contribution in [-0.4, -0.2) is 28.0 Å². The summed E-state index contributed by atoms with van der Waals surface area (Å²) in [7, 11) is 0. The summed E-state index contributed by atoms with van der Waals surface area (Å²) in [6.45, 7) is 7.36. The van der Waals surface area contributed by atoms with Crippen LogP contribution < -0.4 is 5.73 Å². The lowest BCUT2D eigenvalue weighted by Crippen LogP contribution is -2.33. The molecule has 110 valence electrons. The maximum Gasteiger partial charge on any atom is 0.105 e. The van der Waals surface area contributed by atoms with Gasteiger partial charge in [-0.05, 0) is 36.2 Å². The van der Waals surface area contributed by atoms with Crippen LogP contribution in [0.5, 0.6) is 0 Å². The van der Waals surface area contributed by atoms with E-state index in [0.29, 0.717) is 4.99 Å². The Balaban J connectivity index is 2.28. The van der Waals surface area contributed by atoms with Crippen molar-refractivity contribution in [3.63, 3.8) is 0 Å². The molecule has 2 N–H and O–H groups in total. The van der Waals surface area contributed by atoms with Crippen molar-refractivity contribution in [3.8, 4) is 0 Å². The Hall–Kier alpha value is -1.52. The number of fused-ring (bicyclic) bond motifs is 2. The van der Waals surface area contributed by atoms with Gasteiger partial charge in [0.1, 0.15) is 4.99 Å². The van der Waals surface area contributed by atoms with E-state index in [4.69, 9.17) is 22.9 Å². The Kier molecular flexibility index (Phi) is 3.91. The molecule has 3 nitrogen and oxygen atoms in total. The van der Waals surface area contributed by atoms with E-state index in [1.165, 1.54) is 16.8 Å². The highest BCUT2D eigenvalue weighted by Gasteiger charge is 2.22. The van der Waals surface area contributed by atoms with Gasteiger partial charge in [0.15, 0.2) is 0 Å². The van der Waals surface area contributed by atoms with E-state index in [1.807, 2.05) is 0 Å². The van der Waals surface area contributed by atoms with Gasteiger partial charge in [0.2, 0.25) is 0 Å². The Morgan fingerprint density at radius 2 is 2.19 bits per heavy atom. The summed E-state index contributed by atoms with van der Waals surface area (Å²) in [6, 6.07) is 6.44. The Morgan fingerprint density at radius 3 is 2.86 bits per heavy atom. The minimum Gasteiger partial charge on any atom is -0.389 e. The van der Waals surface area contributed by atoms with Gasteiger partial charge in [-0.3, -0.25) is 9.88 Å². The van der Waals surface area contributed by atoms with Gasteiger partial charge in [-0.2, -0.15) is 0 Å². The summed E-state index contributed by atoms with van der Waals surface area (Å²) in [4.78, 5) is 7.77. The molecule has 0 amide bonds. The van der Waals surface area contributed by atoms with Gasteiger partial charge in [0.25, 0.3) is 0 Å². The molecule has 21 heavy (non-hydrogen) atoms. The van der Waals surface area contributed by atoms with Crippen LogP contribution in [0.1, 0.15) is 36.2 Å². The van der Waals surface area contributed by atoms with E-state index >= 15 is 0 Å². The molecule has 0 unspecified atom stereocenters. The molecule has 1 aromatic carbocycles. The lowest BCUT2D eigenvalue weighted by atomic mass is 9.94. The molecule has 0 atom stereocenters. The van der Waals surface area contributed by atoms with E-state index in [-0.39, 0.29) is 0 Å². The van der Waals surface area contributed by atoms with Gasteiger partial charge in [0, 0.05) is 36.2 Å². The summed E-state index contributed by atoms with van der Waals surface area (Å²) in [5.41, 5.74) is 11.8. The van der Waals surface area contributed by atoms with Crippen molar-refractivity contribution in [2.75, 3.05) is 13.1 Å². The third-order valence-electron chi connectivity index (χ3n) is 4.38. The van der Waals surface area contributed by atoms with Gasteiger partial charge in [0.05, 0.1) is 5.52 Å². The first-order valence-electron chi connectivity index (χ1n) is 7.60. The normalized spacial score (nSPS) is 15.1. The molecule has 1 aliphatic rings. The molecule has 0 aliphatic carbocycles. The van der Waals surface area contributed by atoms with Crippen LogP contribution in [0.2, 0.25) is 0 Å². The molecule has 0 saturated heterocycles. The number of hydrogen-bond donors (Lipinski definition) is 1. The predicted molar refractivity (Wildman–Crippen MR) is 91.7 cm³/mol. The fourth-order valence-corrected chi connectivity index (χ4v) is 3.35. The lowest BCUT2D eigenvalue weighted by molar-refractivity contribution is 0.266. The Morgan fingerprint density at radius 1 is 1.38 bits per heavy atom. The fourth-order valence-electron chi connectivity index (χ4n) is 3.12. The van der Waals surface area contributed by atoms with Crippen LogP contribution in [0.4, 0.5) is 0 Å². The Labute approximate surface area is 131 Å². The number of aromatic nitrogens is 1. The monoisotopic (exact) mass is 299 g/mol. The zero-order chi connectivity index (χ0) is 15.0. The van der Waals surface area contributed by atoms with E-state index < -0.39 is 0 Å². The standard InChI is InChI=1S/C17H21N3S/c1-3-11-5-6-14-12(9-11)16(17(18)21)13-10-20(4-2)8-7-15(13)19-14/h5-6,9H,3-4,7-8,10H2,1-2H3,(H2,18,21). The number of aryl methyl sites for hydroxylation is 1. The first-order valence-corrected chi connectivity index (χ1v) is 8.01. The van der Waals surface area contributed by atoms with Gasteiger partial charge < -0.3 is 5.73 Å². The SMILES string of the molecule is CCc1ccc2nc3c(c(C(N)=S)c2c1)CN(CC)CC3. The van der Waals surface area contributed by atoms with Crippen LogP contribution in [-0.2, 0) is 19.4 Å². The van der Waals surface area contributed by atoms with E-state index in [9.17, 15) is 0 Å². The molecule has 1 aromatic heterocycles. The second kappa shape index (κ2) is 5.70. The van der Waals surface area contributed by atoms with Gasteiger partial charge in [-0.15, -0.1) is 0 Å². The average molecular weight is 299 g/mol. The van der Waals surface area contributed by atoms with Crippen molar-refractivity contribution in [3.05, 3.63) is 40.6 Å². The van der Waals surface area contributed by atoms with Crippen LogP contribution in [0.25, 0.3) is 10.9 Å². The molecule has 0 spiro atoms. The fraction of sp³-hybridized carbons (Fsp3) is 0.412. The number of benzene rings is 1. The first-order chi connectivity index (χ1) is 10.1. The van der Waals surface area contributed by atoms with Gasteiger partial charge in [-0.1, -0.05) is 32.1 Å². The van der Waals surface area contributed by atoms with E-state index in [0.717, 1.165) is 48.9 Å². The summed E-state index contributed by atoms with van der Waals surface area (Å²) in [5, 5.41) is 1.11. The van der Waals surface area contributed by atoms with Crippen molar-refractivity contribution in [2.45, 2.75) is 33.2 Å². The molecule has 1 aliphatic heterocycles. The Bertz CT molecular complexity index is 709. The largest absolute Gasteiger partial charge is 0.389 e. The highest BCUT2D eigenvalue weighted by Crippen LogP contribution is 2.28. The number of rotatable bonds is 3. The third kappa shape index (κ3) is 2.54. The van der Waals surface area contributed by atoms with Crippen molar-refractivity contribution in [1.82, 2.24) is 9.88 Å².